The molecular formula is C17H14F3N5O2S. The first-order valence-electron chi connectivity index (χ1n) is 7.95. The van der Waals surface area contributed by atoms with E-state index < -0.39 is 23.8 Å². The standard InChI is InChI=1S/C17H14F3N5O2S/c18-17(19,20)12-3-1-2-10(6-12)13(26)8-22-14-5-4-11(7-21-14)15(27)24-16-25-23-9-28-16/h1-7,9,13,26H,8H2,(H,21,22)(H,24,25,27). The van der Waals surface area contributed by atoms with E-state index >= 15 is 0 Å². The Hall–Kier alpha value is -3.05. The second-order valence-electron chi connectivity index (χ2n) is 5.65. The zero-order valence-corrected chi connectivity index (χ0v) is 15.0. The van der Waals surface area contributed by atoms with Gasteiger partial charge in [0.15, 0.2) is 0 Å². The number of hydrogen-bond acceptors (Lipinski definition) is 7. The van der Waals surface area contributed by atoms with Crippen molar-refractivity contribution in [1.29, 1.82) is 0 Å². The molecule has 3 rings (SSSR count). The van der Waals surface area contributed by atoms with E-state index in [-0.39, 0.29) is 12.1 Å². The number of hydrogen-bond donors (Lipinski definition) is 3. The van der Waals surface area contributed by atoms with E-state index in [1.165, 1.54) is 47.3 Å². The molecule has 0 saturated heterocycles. The van der Waals surface area contributed by atoms with Gasteiger partial charge in [0.1, 0.15) is 11.3 Å². The number of amides is 1. The number of carbonyl (C=O) groups excluding carboxylic acids is 1. The van der Waals surface area contributed by atoms with Gasteiger partial charge in [-0.15, -0.1) is 10.2 Å². The molecule has 2 heterocycles. The van der Waals surface area contributed by atoms with Crippen LogP contribution in [0.4, 0.5) is 24.1 Å². The van der Waals surface area contributed by atoms with E-state index in [2.05, 4.69) is 25.8 Å². The monoisotopic (exact) mass is 409 g/mol. The predicted octanol–water partition coefficient (Wildman–Crippen LogP) is 3.35. The normalized spacial score (nSPS) is 12.4. The average Bonchev–Trinajstić information content (AvgIpc) is 3.19. The molecule has 11 heteroatoms. The van der Waals surface area contributed by atoms with Crippen LogP contribution in [0.5, 0.6) is 0 Å². The molecule has 0 aliphatic heterocycles. The summed E-state index contributed by atoms with van der Waals surface area (Å²) in [6.45, 7) is -0.0510. The van der Waals surface area contributed by atoms with Crippen LogP contribution in [0, 0.1) is 0 Å². The third kappa shape index (κ3) is 5.02. The lowest BCUT2D eigenvalue weighted by Crippen LogP contribution is -2.15. The lowest BCUT2D eigenvalue weighted by molar-refractivity contribution is -0.137. The van der Waals surface area contributed by atoms with Crippen LogP contribution < -0.4 is 10.6 Å². The number of aliphatic hydroxyl groups excluding tert-OH is 1. The van der Waals surface area contributed by atoms with E-state index in [9.17, 15) is 23.1 Å². The average molecular weight is 409 g/mol. The van der Waals surface area contributed by atoms with Gasteiger partial charge < -0.3 is 10.4 Å². The summed E-state index contributed by atoms with van der Waals surface area (Å²) in [5.41, 5.74) is 1.08. The molecule has 3 N–H and O–H groups in total. The first-order valence-corrected chi connectivity index (χ1v) is 8.83. The number of benzene rings is 1. The van der Waals surface area contributed by atoms with Crippen molar-refractivity contribution in [2.45, 2.75) is 12.3 Å². The van der Waals surface area contributed by atoms with Crippen molar-refractivity contribution in [3.63, 3.8) is 0 Å². The van der Waals surface area contributed by atoms with Gasteiger partial charge in [0.25, 0.3) is 5.91 Å². The minimum atomic E-state index is -4.48. The Kier molecular flexibility index (Phi) is 5.85. The number of carbonyl (C=O) groups is 1. The van der Waals surface area contributed by atoms with Crippen molar-refractivity contribution in [1.82, 2.24) is 15.2 Å². The third-order valence-corrected chi connectivity index (χ3v) is 4.29. The second kappa shape index (κ2) is 8.31. The van der Waals surface area contributed by atoms with Crippen molar-refractivity contribution >= 4 is 28.2 Å². The molecule has 3 aromatic rings. The van der Waals surface area contributed by atoms with Gasteiger partial charge in [0.05, 0.1) is 17.2 Å². The Labute approximate surface area is 161 Å². The maximum Gasteiger partial charge on any atom is 0.416 e. The lowest BCUT2D eigenvalue weighted by Gasteiger charge is -2.15. The largest absolute Gasteiger partial charge is 0.416 e. The topological polar surface area (TPSA) is 100 Å². The fourth-order valence-electron chi connectivity index (χ4n) is 2.27. The molecule has 0 saturated carbocycles. The number of aromatic nitrogens is 3. The van der Waals surface area contributed by atoms with E-state index in [0.717, 1.165) is 12.1 Å². The van der Waals surface area contributed by atoms with Crippen molar-refractivity contribution < 1.29 is 23.1 Å². The van der Waals surface area contributed by atoms with Crippen LogP contribution in [0.1, 0.15) is 27.6 Å². The first kappa shape index (κ1) is 19.7. The zero-order chi connectivity index (χ0) is 20.1. The number of pyridine rings is 1. The Bertz CT molecular complexity index is 933. The molecule has 1 amide bonds. The van der Waals surface area contributed by atoms with Crippen molar-refractivity contribution in [2.75, 3.05) is 17.2 Å². The van der Waals surface area contributed by atoms with Crippen LogP contribution in [0.25, 0.3) is 0 Å². The quantitative estimate of drug-likeness (QED) is 0.577. The summed E-state index contributed by atoms with van der Waals surface area (Å²) < 4.78 is 38.3. The summed E-state index contributed by atoms with van der Waals surface area (Å²) >= 11 is 1.18. The molecule has 1 unspecified atom stereocenters. The molecule has 0 spiro atoms. The van der Waals surface area contributed by atoms with Gasteiger partial charge in [-0.25, -0.2) is 4.98 Å². The molecular weight excluding hydrogens is 395 g/mol. The third-order valence-electron chi connectivity index (χ3n) is 3.68. The number of nitrogens with one attached hydrogen (secondary N) is 2. The van der Waals surface area contributed by atoms with Crippen LogP contribution in [-0.4, -0.2) is 32.7 Å². The lowest BCUT2D eigenvalue weighted by atomic mass is 10.1. The van der Waals surface area contributed by atoms with Gasteiger partial charge in [-0.2, -0.15) is 13.2 Å². The van der Waals surface area contributed by atoms with E-state index in [1.807, 2.05) is 0 Å². The molecule has 0 aliphatic carbocycles. The maximum absolute atomic E-state index is 12.8. The fourth-order valence-corrected chi connectivity index (χ4v) is 2.71. The number of anilines is 2. The molecule has 1 atom stereocenters. The van der Waals surface area contributed by atoms with Crippen molar-refractivity contribution in [2.24, 2.45) is 0 Å². The Morgan fingerprint density at radius 3 is 2.71 bits per heavy atom. The number of nitrogens with zero attached hydrogens (tertiary/aromatic N) is 3. The molecule has 28 heavy (non-hydrogen) atoms. The number of aliphatic hydroxyl groups is 1. The highest BCUT2D eigenvalue weighted by atomic mass is 32.1. The Morgan fingerprint density at radius 2 is 2.07 bits per heavy atom. The summed E-state index contributed by atoms with van der Waals surface area (Å²) in [5, 5.41) is 23.2. The highest BCUT2D eigenvalue weighted by molar-refractivity contribution is 7.13. The van der Waals surface area contributed by atoms with Gasteiger partial charge in [-0.05, 0) is 29.8 Å². The summed E-state index contributed by atoms with van der Waals surface area (Å²) in [4.78, 5) is 16.1. The predicted molar refractivity (Wildman–Crippen MR) is 97.0 cm³/mol. The highest BCUT2D eigenvalue weighted by Crippen LogP contribution is 2.30. The summed E-state index contributed by atoms with van der Waals surface area (Å²) in [7, 11) is 0. The van der Waals surface area contributed by atoms with Gasteiger partial charge >= 0.3 is 6.18 Å². The van der Waals surface area contributed by atoms with Crippen LogP contribution in [-0.2, 0) is 6.18 Å². The van der Waals surface area contributed by atoms with Gasteiger partial charge in [0, 0.05) is 12.7 Å². The number of halogens is 3. The second-order valence-corrected chi connectivity index (χ2v) is 6.48. The molecule has 0 aliphatic rings. The van der Waals surface area contributed by atoms with Gasteiger partial charge in [0.2, 0.25) is 5.13 Å². The number of rotatable bonds is 6. The SMILES string of the molecule is O=C(Nc1nncs1)c1ccc(NCC(O)c2cccc(C(F)(F)F)c2)nc1. The van der Waals surface area contributed by atoms with Crippen LogP contribution in [0.15, 0.2) is 48.1 Å². The van der Waals surface area contributed by atoms with E-state index in [4.69, 9.17) is 0 Å². The molecule has 146 valence electrons. The Balaban J connectivity index is 1.58. The Morgan fingerprint density at radius 1 is 1.25 bits per heavy atom. The van der Waals surface area contributed by atoms with Crippen LogP contribution >= 0.6 is 11.3 Å². The van der Waals surface area contributed by atoms with E-state index in [1.54, 1.807) is 0 Å². The molecule has 2 aromatic heterocycles. The molecule has 0 bridgehead atoms. The minimum absolute atomic E-state index is 0.0510. The molecule has 1 aromatic carbocycles. The summed E-state index contributed by atoms with van der Waals surface area (Å²) in [5.74, 6) is -0.0432. The maximum atomic E-state index is 12.8. The molecule has 7 nitrogen and oxygen atoms in total. The summed E-state index contributed by atoms with van der Waals surface area (Å²) in [6, 6.07) is 7.54. The smallest absolute Gasteiger partial charge is 0.387 e. The highest BCUT2D eigenvalue weighted by Gasteiger charge is 2.30. The van der Waals surface area contributed by atoms with Crippen LogP contribution in [0.3, 0.4) is 0 Å². The van der Waals surface area contributed by atoms with Gasteiger partial charge in [-0.1, -0.05) is 23.5 Å². The molecule has 0 radical (unpaired) electrons. The van der Waals surface area contributed by atoms with Crippen molar-refractivity contribution in [3.8, 4) is 0 Å². The minimum Gasteiger partial charge on any atom is -0.387 e. The zero-order valence-electron chi connectivity index (χ0n) is 14.1. The van der Waals surface area contributed by atoms with E-state index in [0.29, 0.717) is 16.5 Å². The number of alkyl halides is 3. The van der Waals surface area contributed by atoms with Crippen molar-refractivity contribution in [3.05, 3.63) is 64.8 Å². The summed E-state index contributed by atoms with van der Waals surface area (Å²) in [6.07, 6.45) is -4.31. The fraction of sp³-hybridized carbons (Fsp3) is 0.176. The molecule has 0 fully saturated rings. The van der Waals surface area contributed by atoms with Crippen LogP contribution in [0.2, 0.25) is 0 Å². The first-order chi connectivity index (χ1) is 13.3. The van der Waals surface area contributed by atoms with Gasteiger partial charge in [-0.3, -0.25) is 10.1 Å².